The van der Waals surface area contributed by atoms with Gasteiger partial charge in [0.25, 0.3) is 0 Å². The predicted octanol–water partition coefficient (Wildman–Crippen LogP) is 1.05. The van der Waals surface area contributed by atoms with Crippen molar-refractivity contribution in [3.63, 3.8) is 0 Å². The number of amides is 2. The highest BCUT2D eigenvalue weighted by molar-refractivity contribution is 9.09. The van der Waals surface area contributed by atoms with Crippen molar-refractivity contribution in [1.29, 1.82) is 0 Å². The molecule has 0 heterocycles. The number of rotatable bonds is 6. The Balaban J connectivity index is 4.24. The summed E-state index contributed by atoms with van der Waals surface area (Å²) < 4.78 is 0. The summed E-state index contributed by atoms with van der Waals surface area (Å²) in [5.74, 6) is 0.143. The molecule has 0 aromatic carbocycles. The Morgan fingerprint density at radius 3 is 2.33 bits per heavy atom. The molecule has 0 aliphatic heterocycles. The summed E-state index contributed by atoms with van der Waals surface area (Å²) in [5.41, 5.74) is 0. The minimum absolute atomic E-state index is 0.0962. The fraction of sp³-hybridized carbons (Fsp3) is 0.800. The maximum absolute atomic E-state index is 11.4. The molecule has 1 unspecified atom stereocenters. The smallest absolute Gasteiger partial charge is 0.242 e. The SMILES string of the molecule is CNC(=O)C(CC(C)C)NC(=O)CCBr. The van der Waals surface area contributed by atoms with Gasteiger partial charge in [0.15, 0.2) is 0 Å². The van der Waals surface area contributed by atoms with Crippen molar-refractivity contribution in [2.45, 2.75) is 32.7 Å². The molecule has 0 saturated carbocycles. The van der Waals surface area contributed by atoms with Gasteiger partial charge in [-0.25, -0.2) is 0 Å². The van der Waals surface area contributed by atoms with Crippen LogP contribution in [0.3, 0.4) is 0 Å². The molecule has 5 heteroatoms. The first-order valence-corrected chi connectivity index (χ1v) is 6.20. The second kappa shape index (κ2) is 7.68. The van der Waals surface area contributed by atoms with Gasteiger partial charge < -0.3 is 10.6 Å². The summed E-state index contributed by atoms with van der Waals surface area (Å²) in [5, 5.41) is 5.88. The predicted molar refractivity (Wildman–Crippen MR) is 63.9 cm³/mol. The summed E-state index contributed by atoms with van der Waals surface area (Å²) in [6.07, 6.45) is 1.05. The van der Waals surface area contributed by atoms with Gasteiger partial charge in [0.05, 0.1) is 0 Å². The van der Waals surface area contributed by atoms with Crippen molar-refractivity contribution in [2.75, 3.05) is 12.4 Å². The van der Waals surface area contributed by atoms with E-state index in [2.05, 4.69) is 26.6 Å². The molecule has 0 saturated heterocycles. The molecule has 0 spiro atoms. The number of nitrogens with one attached hydrogen (secondary N) is 2. The average molecular weight is 279 g/mol. The number of carbonyl (C=O) groups is 2. The van der Waals surface area contributed by atoms with E-state index in [0.717, 1.165) is 0 Å². The fourth-order valence-electron chi connectivity index (χ4n) is 1.23. The fourth-order valence-corrected chi connectivity index (χ4v) is 1.59. The monoisotopic (exact) mass is 278 g/mol. The highest BCUT2D eigenvalue weighted by atomic mass is 79.9. The number of likely N-dealkylation sites (N-methyl/N-ethyl adjacent to an activating group) is 1. The Morgan fingerprint density at radius 2 is 1.93 bits per heavy atom. The second-order valence-corrected chi connectivity index (χ2v) is 4.60. The van der Waals surface area contributed by atoms with Crippen molar-refractivity contribution in [3.05, 3.63) is 0 Å². The molecule has 1 atom stereocenters. The molecule has 2 amide bonds. The van der Waals surface area contributed by atoms with Gasteiger partial charge in [-0.1, -0.05) is 29.8 Å². The van der Waals surface area contributed by atoms with Crippen LogP contribution in [-0.4, -0.2) is 30.2 Å². The van der Waals surface area contributed by atoms with Crippen molar-refractivity contribution in [2.24, 2.45) is 5.92 Å². The van der Waals surface area contributed by atoms with Crippen LogP contribution in [0.4, 0.5) is 0 Å². The van der Waals surface area contributed by atoms with E-state index in [1.165, 1.54) is 0 Å². The minimum atomic E-state index is -0.415. The van der Waals surface area contributed by atoms with E-state index in [4.69, 9.17) is 0 Å². The van der Waals surface area contributed by atoms with Crippen LogP contribution in [0.2, 0.25) is 0 Å². The van der Waals surface area contributed by atoms with Crippen molar-refractivity contribution >= 4 is 27.7 Å². The quantitative estimate of drug-likeness (QED) is 0.714. The van der Waals surface area contributed by atoms with Crippen molar-refractivity contribution < 1.29 is 9.59 Å². The summed E-state index contributed by atoms with van der Waals surface area (Å²) in [4.78, 5) is 22.8. The Bertz CT molecular complexity index is 219. The molecular formula is C10H19BrN2O2. The third-order valence-corrected chi connectivity index (χ3v) is 2.32. The van der Waals surface area contributed by atoms with Crippen LogP contribution in [0.1, 0.15) is 26.7 Å². The maximum Gasteiger partial charge on any atom is 0.242 e. The molecule has 0 aliphatic carbocycles. The Morgan fingerprint density at radius 1 is 1.33 bits per heavy atom. The van der Waals surface area contributed by atoms with E-state index in [0.29, 0.717) is 24.1 Å². The second-order valence-electron chi connectivity index (χ2n) is 3.80. The van der Waals surface area contributed by atoms with Crippen LogP contribution in [0, 0.1) is 5.92 Å². The summed E-state index contributed by atoms with van der Waals surface area (Å²) in [7, 11) is 1.58. The van der Waals surface area contributed by atoms with Crippen LogP contribution in [0.5, 0.6) is 0 Å². The first kappa shape index (κ1) is 14.4. The van der Waals surface area contributed by atoms with Crippen LogP contribution in [-0.2, 0) is 9.59 Å². The van der Waals surface area contributed by atoms with Gasteiger partial charge >= 0.3 is 0 Å². The molecule has 0 bridgehead atoms. The van der Waals surface area contributed by atoms with Gasteiger partial charge in [0.1, 0.15) is 6.04 Å². The van der Waals surface area contributed by atoms with E-state index < -0.39 is 6.04 Å². The average Bonchev–Trinajstić information content (AvgIpc) is 2.15. The molecule has 0 aromatic heterocycles. The molecule has 0 radical (unpaired) electrons. The lowest BCUT2D eigenvalue weighted by atomic mass is 10.0. The van der Waals surface area contributed by atoms with Crippen molar-refractivity contribution in [3.8, 4) is 0 Å². The number of hydrogen-bond acceptors (Lipinski definition) is 2. The van der Waals surface area contributed by atoms with E-state index in [1.807, 2.05) is 13.8 Å². The van der Waals surface area contributed by atoms with Crippen LogP contribution >= 0.6 is 15.9 Å². The molecule has 2 N–H and O–H groups in total. The third-order valence-electron chi connectivity index (χ3n) is 1.93. The minimum Gasteiger partial charge on any atom is -0.357 e. The highest BCUT2D eigenvalue weighted by Gasteiger charge is 2.20. The summed E-state index contributed by atoms with van der Waals surface area (Å²) in [6, 6.07) is -0.415. The zero-order chi connectivity index (χ0) is 11.8. The van der Waals surface area contributed by atoms with E-state index in [9.17, 15) is 9.59 Å². The molecule has 0 aromatic rings. The number of hydrogen-bond donors (Lipinski definition) is 2. The van der Waals surface area contributed by atoms with Crippen molar-refractivity contribution in [1.82, 2.24) is 10.6 Å². The molecular weight excluding hydrogens is 260 g/mol. The number of halogens is 1. The van der Waals surface area contributed by atoms with Gasteiger partial charge in [-0.2, -0.15) is 0 Å². The van der Waals surface area contributed by atoms with Gasteiger partial charge in [0, 0.05) is 18.8 Å². The van der Waals surface area contributed by atoms with E-state index >= 15 is 0 Å². The largest absolute Gasteiger partial charge is 0.357 e. The molecule has 88 valence electrons. The number of carbonyl (C=O) groups excluding carboxylic acids is 2. The standard InChI is InChI=1S/C10H19BrN2O2/c1-7(2)6-8(10(15)12-3)13-9(14)4-5-11/h7-8H,4-6H2,1-3H3,(H,12,15)(H,13,14). The molecule has 0 aliphatic rings. The molecule has 0 fully saturated rings. The Hall–Kier alpha value is -0.580. The molecule has 4 nitrogen and oxygen atoms in total. The van der Waals surface area contributed by atoms with Gasteiger partial charge in [-0.05, 0) is 12.3 Å². The molecule has 0 rings (SSSR count). The zero-order valence-electron chi connectivity index (χ0n) is 9.47. The zero-order valence-corrected chi connectivity index (χ0v) is 11.1. The van der Waals surface area contributed by atoms with E-state index in [1.54, 1.807) is 7.05 Å². The van der Waals surface area contributed by atoms with Crippen LogP contribution in [0.15, 0.2) is 0 Å². The Kier molecular flexibility index (Phi) is 7.38. The summed E-state index contributed by atoms with van der Waals surface area (Å²) in [6.45, 7) is 4.04. The maximum atomic E-state index is 11.4. The normalized spacial score (nSPS) is 12.3. The Labute approximate surface area is 99.3 Å². The molecule has 15 heavy (non-hydrogen) atoms. The number of alkyl halides is 1. The lowest BCUT2D eigenvalue weighted by molar-refractivity contribution is -0.128. The first-order valence-electron chi connectivity index (χ1n) is 5.08. The third kappa shape index (κ3) is 6.49. The first-order chi connectivity index (χ1) is 7.01. The topological polar surface area (TPSA) is 58.2 Å². The highest BCUT2D eigenvalue weighted by Crippen LogP contribution is 2.05. The van der Waals surface area contributed by atoms with E-state index in [-0.39, 0.29) is 11.8 Å². The summed E-state index contributed by atoms with van der Waals surface area (Å²) >= 11 is 3.18. The van der Waals surface area contributed by atoms with Gasteiger partial charge in [0.2, 0.25) is 11.8 Å². The van der Waals surface area contributed by atoms with Gasteiger partial charge in [-0.3, -0.25) is 9.59 Å². The van der Waals surface area contributed by atoms with Crippen LogP contribution < -0.4 is 10.6 Å². The lowest BCUT2D eigenvalue weighted by Crippen LogP contribution is -2.46. The van der Waals surface area contributed by atoms with Crippen LogP contribution in [0.25, 0.3) is 0 Å². The lowest BCUT2D eigenvalue weighted by Gasteiger charge is -2.18. The van der Waals surface area contributed by atoms with Gasteiger partial charge in [-0.15, -0.1) is 0 Å².